The van der Waals surface area contributed by atoms with Crippen LogP contribution in [0.4, 0.5) is 5.69 Å². The number of fused-ring (bicyclic) bond motifs is 1. The minimum absolute atomic E-state index is 0.188. The standard InChI is InChI=1S/C19H20N2O3S/c1-4-6-15-11(5-2)9-16(25-15)17(22)20-12-7-8-13-14(10-12)19(24)21(3)18(13)23/h7-10H,4-6H2,1-3H3,(H,20,22). The number of thiophene rings is 1. The van der Waals surface area contributed by atoms with Crippen molar-refractivity contribution >= 4 is 34.7 Å². The maximum Gasteiger partial charge on any atom is 0.265 e. The third-order valence-corrected chi connectivity index (χ3v) is 5.56. The molecule has 5 nitrogen and oxygen atoms in total. The topological polar surface area (TPSA) is 66.5 Å². The molecule has 3 amide bonds. The first-order valence-electron chi connectivity index (χ1n) is 8.35. The van der Waals surface area contributed by atoms with Crippen LogP contribution in [-0.2, 0) is 12.8 Å². The molecule has 6 heteroatoms. The smallest absolute Gasteiger partial charge is 0.265 e. The highest BCUT2D eigenvalue weighted by atomic mass is 32.1. The summed E-state index contributed by atoms with van der Waals surface area (Å²) in [4.78, 5) is 39.5. The number of carbonyl (C=O) groups is 3. The number of carbonyl (C=O) groups excluding carboxylic acids is 3. The van der Waals surface area contributed by atoms with Crippen molar-refractivity contribution in [1.82, 2.24) is 4.90 Å². The van der Waals surface area contributed by atoms with Crippen molar-refractivity contribution in [2.45, 2.75) is 33.1 Å². The summed E-state index contributed by atoms with van der Waals surface area (Å²) in [7, 11) is 1.45. The minimum Gasteiger partial charge on any atom is -0.321 e. The van der Waals surface area contributed by atoms with Crippen LogP contribution in [0.1, 0.15) is 61.1 Å². The molecule has 1 aliphatic rings. The zero-order valence-corrected chi connectivity index (χ0v) is 15.3. The van der Waals surface area contributed by atoms with Gasteiger partial charge < -0.3 is 5.32 Å². The predicted octanol–water partition coefficient (Wildman–Crippen LogP) is 3.74. The molecule has 1 aromatic heterocycles. The van der Waals surface area contributed by atoms with Gasteiger partial charge in [-0.2, -0.15) is 0 Å². The molecule has 25 heavy (non-hydrogen) atoms. The quantitative estimate of drug-likeness (QED) is 0.830. The lowest BCUT2D eigenvalue weighted by molar-refractivity contribution is 0.0692. The second-order valence-electron chi connectivity index (χ2n) is 6.05. The average molecular weight is 356 g/mol. The Morgan fingerprint density at radius 2 is 1.84 bits per heavy atom. The number of imide groups is 1. The molecule has 0 bridgehead atoms. The van der Waals surface area contributed by atoms with Gasteiger partial charge in [0.15, 0.2) is 0 Å². The second kappa shape index (κ2) is 6.80. The third-order valence-electron chi connectivity index (χ3n) is 4.33. The van der Waals surface area contributed by atoms with Gasteiger partial charge in [-0.25, -0.2) is 0 Å². The molecule has 0 spiro atoms. The molecule has 2 aromatic rings. The highest BCUT2D eigenvalue weighted by molar-refractivity contribution is 7.14. The van der Waals surface area contributed by atoms with Crippen LogP contribution in [-0.4, -0.2) is 29.7 Å². The number of hydrogen-bond donors (Lipinski definition) is 1. The Morgan fingerprint density at radius 1 is 1.12 bits per heavy atom. The molecule has 130 valence electrons. The van der Waals surface area contributed by atoms with Crippen LogP contribution in [0.5, 0.6) is 0 Å². The number of benzene rings is 1. The van der Waals surface area contributed by atoms with Crippen LogP contribution < -0.4 is 5.32 Å². The fourth-order valence-corrected chi connectivity index (χ4v) is 4.20. The Morgan fingerprint density at radius 3 is 2.52 bits per heavy atom. The summed E-state index contributed by atoms with van der Waals surface area (Å²) in [5.74, 6) is -0.842. The van der Waals surface area contributed by atoms with E-state index in [2.05, 4.69) is 19.2 Å². The van der Waals surface area contributed by atoms with Gasteiger partial charge in [-0.15, -0.1) is 11.3 Å². The van der Waals surface area contributed by atoms with Crippen molar-refractivity contribution in [3.8, 4) is 0 Å². The van der Waals surface area contributed by atoms with Gasteiger partial charge in [0.1, 0.15) is 0 Å². The lowest BCUT2D eigenvalue weighted by Crippen LogP contribution is -2.24. The zero-order valence-electron chi connectivity index (χ0n) is 14.5. The van der Waals surface area contributed by atoms with Crippen LogP contribution in [0, 0.1) is 0 Å². The largest absolute Gasteiger partial charge is 0.321 e. The summed E-state index contributed by atoms with van der Waals surface area (Å²) < 4.78 is 0. The molecule has 0 unspecified atom stereocenters. The summed E-state index contributed by atoms with van der Waals surface area (Å²) >= 11 is 1.52. The van der Waals surface area contributed by atoms with E-state index in [-0.39, 0.29) is 17.7 Å². The Bertz CT molecular complexity index is 870. The molecule has 1 N–H and O–H groups in total. The number of hydrogen-bond acceptors (Lipinski definition) is 4. The SMILES string of the molecule is CCCc1sc(C(=O)Nc2ccc3c(c2)C(=O)N(C)C3=O)cc1CC. The highest BCUT2D eigenvalue weighted by Crippen LogP contribution is 2.27. The molecule has 0 fully saturated rings. The van der Waals surface area contributed by atoms with Crippen LogP contribution in [0.3, 0.4) is 0 Å². The Hall–Kier alpha value is -2.47. The molecule has 3 rings (SSSR count). The van der Waals surface area contributed by atoms with Crippen molar-refractivity contribution in [3.05, 3.63) is 50.7 Å². The van der Waals surface area contributed by atoms with E-state index >= 15 is 0 Å². The van der Waals surface area contributed by atoms with Gasteiger partial charge in [0.2, 0.25) is 0 Å². The van der Waals surface area contributed by atoms with Gasteiger partial charge in [0.05, 0.1) is 16.0 Å². The maximum atomic E-state index is 12.5. The maximum absolute atomic E-state index is 12.5. The van der Waals surface area contributed by atoms with E-state index in [4.69, 9.17) is 0 Å². The summed E-state index contributed by atoms with van der Waals surface area (Å²) in [5.41, 5.74) is 2.44. The molecule has 2 heterocycles. The van der Waals surface area contributed by atoms with E-state index in [1.807, 2.05) is 6.07 Å². The number of nitrogens with one attached hydrogen (secondary N) is 1. The number of rotatable bonds is 5. The normalized spacial score (nSPS) is 13.3. The second-order valence-corrected chi connectivity index (χ2v) is 7.18. The third kappa shape index (κ3) is 3.09. The van der Waals surface area contributed by atoms with Crippen LogP contribution in [0.25, 0.3) is 0 Å². The van der Waals surface area contributed by atoms with E-state index in [0.717, 1.165) is 24.2 Å². The molecule has 0 atom stereocenters. The van der Waals surface area contributed by atoms with E-state index < -0.39 is 0 Å². The van der Waals surface area contributed by atoms with Gasteiger partial charge in [0.25, 0.3) is 17.7 Å². The van der Waals surface area contributed by atoms with E-state index in [1.165, 1.54) is 28.8 Å². The summed E-state index contributed by atoms with van der Waals surface area (Å²) in [6.45, 7) is 4.21. The molecule has 1 aromatic carbocycles. The monoisotopic (exact) mass is 356 g/mol. The molecule has 1 aliphatic heterocycles. The van der Waals surface area contributed by atoms with Gasteiger partial charge in [-0.3, -0.25) is 19.3 Å². The first-order chi connectivity index (χ1) is 12.0. The summed E-state index contributed by atoms with van der Waals surface area (Å²) in [6, 6.07) is 6.75. The predicted molar refractivity (Wildman–Crippen MR) is 98.5 cm³/mol. The van der Waals surface area contributed by atoms with Gasteiger partial charge >= 0.3 is 0 Å². The van der Waals surface area contributed by atoms with Gasteiger partial charge in [-0.05, 0) is 42.7 Å². The lowest BCUT2D eigenvalue weighted by Gasteiger charge is -2.05. The first-order valence-corrected chi connectivity index (χ1v) is 9.17. The van der Waals surface area contributed by atoms with Crippen LogP contribution in [0.15, 0.2) is 24.3 Å². The van der Waals surface area contributed by atoms with E-state index in [0.29, 0.717) is 21.7 Å². The van der Waals surface area contributed by atoms with E-state index in [9.17, 15) is 14.4 Å². The molecule has 0 aliphatic carbocycles. The molecule has 0 saturated carbocycles. The van der Waals surface area contributed by atoms with Crippen LogP contribution >= 0.6 is 11.3 Å². The Balaban J connectivity index is 1.83. The van der Waals surface area contributed by atoms with Crippen molar-refractivity contribution in [1.29, 1.82) is 0 Å². The summed E-state index contributed by atoms with van der Waals surface area (Å²) in [6.07, 6.45) is 2.92. The number of amides is 3. The average Bonchev–Trinajstić information content (AvgIpc) is 3.11. The van der Waals surface area contributed by atoms with Gasteiger partial charge in [-0.1, -0.05) is 20.3 Å². The zero-order chi connectivity index (χ0) is 18.1. The fraction of sp³-hybridized carbons (Fsp3) is 0.316. The first kappa shape index (κ1) is 17.4. The minimum atomic E-state index is -0.342. The molecular weight excluding hydrogens is 336 g/mol. The summed E-state index contributed by atoms with van der Waals surface area (Å²) in [5, 5.41) is 2.83. The molecule has 0 radical (unpaired) electrons. The van der Waals surface area contributed by atoms with Crippen molar-refractivity contribution in [2.24, 2.45) is 0 Å². The Kier molecular flexibility index (Phi) is 4.72. The van der Waals surface area contributed by atoms with Gasteiger partial charge in [0, 0.05) is 17.6 Å². The van der Waals surface area contributed by atoms with Crippen molar-refractivity contribution < 1.29 is 14.4 Å². The highest BCUT2D eigenvalue weighted by Gasteiger charge is 2.32. The lowest BCUT2D eigenvalue weighted by atomic mass is 10.1. The van der Waals surface area contributed by atoms with Crippen molar-refractivity contribution in [2.75, 3.05) is 12.4 Å². The Labute approximate surface area is 150 Å². The number of aryl methyl sites for hydroxylation is 2. The van der Waals surface area contributed by atoms with E-state index in [1.54, 1.807) is 18.2 Å². The number of anilines is 1. The van der Waals surface area contributed by atoms with Crippen LogP contribution in [0.2, 0.25) is 0 Å². The number of nitrogens with zero attached hydrogens (tertiary/aromatic N) is 1. The molecular formula is C19H20N2O3S. The fourth-order valence-electron chi connectivity index (χ4n) is 2.95. The molecule has 0 saturated heterocycles. The van der Waals surface area contributed by atoms with Crippen molar-refractivity contribution in [3.63, 3.8) is 0 Å².